The molecule has 2 saturated carbocycles. The van der Waals surface area contributed by atoms with Crippen molar-refractivity contribution in [1.82, 2.24) is 10.6 Å². The Hall–Kier alpha value is -0.770. The van der Waals surface area contributed by atoms with Crippen molar-refractivity contribution in [3.05, 3.63) is 0 Å². The van der Waals surface area contributed by atoms with Gasteiger partial charge in [-0.25, -0.2) is 4.79 Å². The van der Waals surface area contributed by atoms with E-state index in [0.717, 1.165) is 12.5 Å². The first-order chi connectivity index (χ1) is 10.8. The van der Waals surface area contributed by atoms with Gasteiger partial charge in [-0.3, -0.25) is 0 Å². The summed E-state index contributed by atoms with van der Waals surface area (Å²) >= 11 is 0. The van der Waals surface area contributed by atoms with Crippen LogP contribution in [0.4, 0.5) is 4.79 Å². The minimum Gasteiger partial charge on any atom is -0.444 e. The molecule has 0 saturated heterocycles. The summed E-state index contributed by atoms with van der Waals surface area (Å²) in [5.41, 5.74) is -0.431. The second kappa shape index (κ2) is 7.87. The zero-order chi connectivity index (χ0) is 16.9. The Morgan fingerprint density at radius 3 is 2.26 bits per heavy atom. The molecular weight excluding hydrogens is 288 g/mol. The smallest absolute Gasteiger partial charge is 0.407 e. The number of alkyl carbamates (subject to hydrolysis) is 1. The average Bonchev–Trinajstić information content (AvgIpc) is 3.30. The molecule has 1 unspecified atom stereocenters. The maximum atomic E-state index is 11.9. The van der Waals surface area contributed by atoms with Crippen molar-refractivity contribution in [3.63, 3.8) is 0 Å². The number of amides is 1. The third kappa shape index (κ3) is 6.70. The number of carbonyl (C=O) groups excluding carboxylic acids is 1. The number of rotatable bonds is 7. The van der Waals surface area contributed by atoms with Crippen LogP contribution in [0.3, 0.4) is 0 Å². The molecule has 0 bridgehead atoms. The molecule has 1 atom stereocenters. The van der Waals surface area contributed by atoms with Crippen molar-refractivity contribution in [1.29, 1.82) is 0 Å². The summed E-state index contributed by atoms with van der Waals surface area (Å²) in [5.74, 6) is 1.59. The van der Waals surface area contributed by atoms with Gasteiger partial charge in [-0.05, 0) is 65.3 Å². The van der Waals surface area contributed by atoms with E-state index in [4.69, 9.17) is 4.74 Å². The first-order valence-electron chi connectivity index (χ1n) is 9.50. The second-order valence-corrected chi connectivity index (χ2v) is 8.77. The minimum absolute atomic E-state index is 0.00553. The Morgan fingerprint density at radius 1 is 1.04 bits per heavy atom. The van der Waals surface area contributed by atoms with E-state index in [1.165, 1.54) is 51.4 Å². The van der Waals surface area contributed by atoms with Crippen LogP contribution >= 0.6 is 0 Å². The van der Waals surface area contributed by atoms with Gasteiger partial charge in [0.15, 0.2) is 0 Å². The van der Waals surface area contributed by atoms with Gasteiger partial charge < -0.3 is 15.4 Å². The molecule has 23 heavy (non-hydrogen) atoms. The lowest BCUT2D eigenvalue weighted by Gasteiger charge is -2.33. The lowest BCUT2D eigenvalue weighted by molar-refractivity contribution is 0.0507. The molecule has 2 fully saturated rings. The molecule has 0 aromatic carbocycles. The van der Waals surface area contributed by atoms with E-state index in [1.807, 2.05) is 20.8 Å². The topological polar surface area (TPSA) is 50.4 Å². The molecule has 0 spiro atoms. The van der Waals surface area contributed by atoms with Gasteiger partial charge in [-0.1, -0.05) is 32.1 Å². The Morgan fingerprint density at radius 2 is 1.70 bits per heavy atom. The highest BCUT2D eigenvalue weighted by atomic mass is 16.6. The Labute approximate surface area is 142 Å². The molecule has 4 heteroatoms. The van der Waals surface area contributed by atoms with Crippen molar-refractivity contribution in [2.24, 2.45) is 11.8 Å². The van der Waals surface area contributed by atoms with Gasteiger partial charge in [-0.2, -0.15) is 0 Å². The standard InChI is InChI=1S/C19H36N2O2/c1-18(2,3)23-17(22)20-14-19(4,16-10-11-16)21-13-12-15-8-6-5-7-9-15/h15-16,21H,5-14H2,1-4H3,(H,20,22). The number of ether oxygens (including phenoxy) is 1. The quantitative estimate of drug-likeness (QED) is 0.736. The van der Waals surface area contributed by atoms with Crippen molar-refractivity contribution in [3.8, 4) is 0 Å². The molecule has 4 nitrogen and oxygen atoms in total. The fourth-order valence-electron chi connectivity index (χ4n) is 3.68. The molecule has 0 aliphatic heterocycles. The molecule has 0 radical (unpaired) electrons. The highest BCUT2D eigenvalue weighted by Crippen LogP contribution is 2.39. The SMILES string of the molecule is CC(C)(C)OC(=O)NCC(C)(NCCC1CCCCC1)C1CC1. The van der Waals surface area contributed by atoms with E-state index in [9.17, 15) is 4.79 Å². The number of hydrogen-bond acceptors (Lipinski definition) is 3. The van der Waals surface area contributed by atoms with Crippen LogP contribution in [-0.2, 0) is 4.74 Å². The fraction of sp³-hybridized carbons (Fsp3) is 0.947. The third-order valence-electron chi connectivity index (χ3n) is 5.28. The Bertz CT molecular complexity index is 381. The monoisotopic (exact) mass is 324 g/mol. The summed E-state index contributed by atoms with van der Waals surface area (Å²) < 4.78 is 5.36. The molecule has 134 valence electrons. The van der Waals surface area contributed by atoms with E-state index < -0.39 is 5.60 Å². The summed E-state index contributed by atoms with van der Waals surface area (Å²) in [7, 11) is 0. The lowest BCUT2D eigenvalue weighted by atomic mass is 9.86. The first-order valence-corrected chi connectivity index (χ1v) is 9.50. The molecule has 2 aliphatic rings. The van der Waals surface area contributed by atoms with Gasteiger partial charge in [0, 0.05) is 12.1 Å². The van der Waals surface area contributed by atoms with Crippen LogP contribution < -0.4 is 10.6 Å². The Kier molecular flexibility index (Phi) is 6.35. The maximum absolute atomic E-state index is 11.9. The molecule has 2 rings (SSSR count). The molecule has 1 amide bonds. The van der Waals surface area contributed by atoms with Crippen LogP contribution in [-0.4, -0.2) is 30.3 Å². The van der Waals surface area contributed by atoms with E-state index in [0.29, 0.717) is 12.5 Å². The van der Waals surface area contributed by atoms with Crippen molar-refractivity contribution in [2.75, 3.05) is 13.1 Å². The fourth-order valence-corrected chi connectivity index (χ4v) is 3.68. The predicted molar refractivity (Wildman–Crippen MR) is 94.6 cm³/mol. The summed E-state index contributed by atoms with van der Waals surface area (Å²) in [4.78, 5) is 11.9. The van der Waals surface area contributed by atoms with E-state index >= 15 is 0 Å². The van der Waals surface area contributed by atoms with Gasteiger partial charge in [0.05, 0.1) is 0 Å². The Balaban J connectivity index is 1.73. The molecule has 0 aromatic rings. The third-order valence-corrected chi connectivity index (χ3v) is 5.28. The highest BCUT2D eigenvalue weighted by Gasteiger charge is 2.41. The van der Waals surface area contributed by atoms with Gasteiger partial charge >= 0.3 is 6.09 Å². The van der Waals surface area contributed by atoms with Gasteiger partial charge in [0.2, 0.25) is 0 Å². The summed E-state index contributed by atoms with van der Waals surface area (Å²) in [6, 6.07) is 0. The molecule has 0 aromatic heterocycles. The van der Waals surface area contributed by atoms with Crippen molar-refractivity contribution in [2.45, 2.75) is 90.2 Å². The van der Waals surface area contributed by atoms with Crippen LogP contribution in [0, 0.1) is 11.8 Å². The van der Waals surface area contributed by atoms with E-state index in [1.54, 1.807) is 0 Å². The second-order valence-electron chi connectivity index (χ2n) is 8.77. The summed E-state index contributed by atoms with van der Waals surface area (Å²) in [5, 5.41) is 6.72. The summed E-state index contributed by atoms with van der Waals surface area (Å²) in [6.45, 7) is 9.66. The highest BCUT2D eigenvalue weighted by molar-refractivity contribution is 5.67. The van der Waals surface area contributed by atoms with Gasteiger partial charge in [-0.15, -0.1) is 0 Å². The zero-order valence-electron chi connectivity index (χ0n) is 15.5. The number of carbonyl (C=O) groups is 1. The van der Waals surface area contributed by atoms with Gasteiger partial charge in [0.1, 0.15) is 5.60 Å². The molecule has 2 N–H and O–H groups in total. The van der Waals surface area contributed by atoms with Gasteiger partial charge in [0.25, 0.3) is 0 Å². The van der Waals surface area contributed by atoms with Crippen LogP contribution in [0.2, 0.25) is 0 Å². The molecule has 2 aliphatic carbocycles. The van der Waals surface area contributed by atoms with E-state index in [2.05, 4.69) is 17.6 Å². The first kappa shape index (κ1) is 18.6. The van der Waals surface area contributed by atoms with E-state index in [-0.39, 0.29) is 11.6 Å². The summed E-state index contributed by atoms with van der Waals surface area (Å²) in [6.07, 6.45) is 10.5. The average molecular weight is 325 g/mol. The van der Waals surface area contributed by atoms with Crippen molar-refractivity contribution < 1.29 is 9.53 Å². The largest absolute Gasteiger partial charge is 0.444 e. The predicted octanol–water partition coefficient (Wildman–Crippen LogP) is 4.24. The van der Waals surface area contributed by atoms with Crippen LogP contribution in [0.25, 0.3) is 0 Å². The maximum Gasteiger partial charge on any atom is 0.407 e. The minimum atomic E-state index is -0.436. The number of nitrogens with one attached hydrogen (secondary N) is 2. The number of hydrogen-bond donors (Lipinski definition) is 2. The normalized spacial score (nSPS) is 22.4. The lowest BCUT2D eigenvalue weighted by Crippen LogP contribution is -2.54. The van der Waals surface area contributed by atoms with Crippen LogP contribution in [0.1, 0.15) is 79.1 Å². The van der Waals surface area contributed by atoms with Crippen LogP contribution in [0.15, 0.2) is 0 Å². The molecular formula is C19H36N2O2. The van der Waals surface area contributed by atoms with Crippen molar-refractivity contribution >= 4 is 6.09 Å². The zero-order valence-corrected chi connectivity index (χ0v) is 15.5. The van der Waals surface area contributed by atoms with Crippen LogP contribution in [0.5, 0.6) is 0 Å². The molecule has 0 heterocycles.